The van der Waals surface area contributed by atoms with E-state index in [1.807, 2.05) is 6.92 Å². The van der Waals surface area contributed by atoms with E-state index in [0.29, 0.717) is 6.61 Å². The summed E-state index contributed by atoms with van der Waals surface area (Å²) in [4.78, 5) is 0. The van der Waals surface area contributed by atoms with Crippen molar-refractivity contribution >= 4 is 15.9 Å². The fourth-order valence-corrected chi connectivity index (χ4v) is 2.81. The van der Waals surface area contributed by atoms with Crippen molar-refractivity contribution < 1.29 is 4.74 Å². The molecule has 1 aromatic rings. The Hall–Kier alpha value is -0.540. The fraction of sp³-hybridized carbons (Fsp3) is 0.667. The molecule has 1 atom stereocenters. The molecular formula is C18H30BrNO. The summed E-state index contributed by atoms with van der Waals surface area (Å²) in [5.41, 5.74) is 1.38. The molecule has 0 saturated carbocycles. The Morgan fingerprint density at radius 3 is 2.57 bits per heavy atom. The fourth-order valence-electron chi connectivity index (χ4n) is 2.27. The van der Waals surface area contributed by atoms with Crippen molar-refractivity contribution in [2.45, 2.75) is 47.0 Å². The van der Waals surface area contributed by atoms with Crippen molar-refractivity contribution in [3.8, 4) is 5.75 Å². The molecule has 0 bridgehead atoms. The van der Waals surface area contributed by atoms with E-state index in [1.54, 1.807) is 0 Å². The van der Waals surface area contributed by atoms with Gasteiger partial charge in [-0.3, -0.25) is 0 Å². The number of ether oxygens (including phenoxy) is 1. The maximum atomic E-state index is 5.55. The molecule has 1 unspecified atom stereocenters. The topological polar surface area (TPSA) is 21.3 Å². The Labute approximate surface area is 138 Å². The smallest absolute Gasteiger partial charge is 0.133 e. The Morgan fingerprint density at radius 1 is 1.19 bits per heavy atom. The molecule has 2 nitrogen and oxygen atoms in total. The summed E-state index contributed by atoms with van der Waals surface area (Å²) in [7, 11) is 0. The first-order chi connectivity index (χ1) is 10.0. The van der Waals surface area contributed by atoms with Crippen LogP contribution in [-0.4, -0.2) is 19.7 Å². The van der Waals surface area contributed by atoms with Crippen molar-refractivity contribution in [1.82, 2.24) is 5.32 Å². The predicted octanol–water partition coefficient (Wildman–Crippen LogP) is 5.05. The molecule has 120 valence electrons. The van der Waals surface area contributed by atoms with Gasteiger partial charge in [0.05, 0.1) is 11.1 Å². The summed E-state index contributed by atoms with van der Waals surface area (Å²) in [6, 6.07) is 6.44. The SMILES string of the molecule is CCOc1ccc(CCC(C)CCNCC(C)C)cc1Br. The van der Waals surface area contributed by atoms with Crippen LogP contribution in [0, 0.1) is 11.8 Å². The van der Waals surface area contributed by atoms with Gasteiger partial charge < -0.3 is 10.1 Å². The van der Waals surface area contributed by atoms with Gasteiger partial charge in [0.2, 0.25) is 0 Å². The number of hydrogen-bond donors (Lipinski definition) is 1. The molecule has 0 saturated heterocycles. The van der Waals surface area contributed by atoms with Gasteiger partial charge in [-0.05, 0) is 84.7 Å². The second kappa shape index (κ2) is 10.2. The maximum Gasteiger partial charge on any atom is 0.133 e. The number of nitrogens with one attached hydrogen (secondary N) is 1. The molecule has 1 aromatic carbocycles. The van der Waals surface area contributed by atoms with Crippen molar-refractivity contribution in [3.63, 3.8) is 0 Å². The summed E-state index contributed by atoms with van der Waals surface area (Å²) in [5.74, 6) is 2.43. The Balaban J connectivity index is 2.29. The van der Waals surface area contributed by atoms with Gasteiger partial charge in [-0.2, -0.15) is 0 Å². The molecule has 1 rings (SSSR count). The zero-order chi connectivity index (χ0) is 15.7. The molecule has 0 radical (unpaired) electrons. The van der Waals surface area contributed by atoms with E-state index in [0.717, 1.165) is 41.6 Å². The largest absolute Gasteiger partial charge is 0.493 e. The quantitative estimate of drug-likeness (QED) is 0.592. The standard InChI is InChI=1S/C18H30BrNO/c1-5-21-18-9-8-16(12-17(18)19)7-6-15(4)10-11-20-13-14(2)3/h8-9,12,14-15,20H,5-7,10-11,13H2,1-4H3. The number of aryl methyl sites for hydroxylation is 1. The van der Waals surface area contributed by atoms with Crippen LogP contribution in [0.5, 0.6) is 5.75 Å². The zero-order valence-corrected chi connectivity index (χ0v) is 15.5. The van der Waals surface area contributed by atoms with Crippen molar-refractivity contribution in [2.75, 3.05) is 19.7 Å². The van der Waals surface area contributed by atoms with E-state index >= 15 is 0 Å². The third-order valence-electron chi connectivity index (χ3n) is 3.59. The first-order valence-corrected chi connectivity index (χ1v) is 8.94. The molecule has 3 heteroatoms. The van der Waals surface area contributed by atoms with Gasteiger partial charge in [-0.15, -0.1) is 0 Å². The van der Waals surface area contributed by atoms with Gasteiger partial charge >= 0.3 is 0 Å². The first kappa shape index (κ1) is 18.5. The highest BCUT2D eigenvalue weighted by atomic mass is 79.9. The minimum absolute atomic E-state index is 0.707. The van der Waals surface area contributed by atoms with E-state index < -0.39 is 0 Å². The number of hydrogen-bond acceptors (Lipinski definition) is 2. The van der Waals surface area contributed by atoms with Crippen LogP contribution in [0.4, 0.5) is 0 Å². The van der Waals surface area contributed by atoms with Gasteiger partial charge in [0.1, 0.15) is 5.75 Å². The Kier molecular flexibility index (Phi) is 9.02. The highest BCUT2D eigenvalue weighted by molar-refractivity contribution is 9.10. The molecule has 1 N–H and O–H groups in total. The van der Waals surface area contributed by atoms with Gasteiger partial charge in [-0.1, -0.05) is 26.8 Å². The second-order valence-corrected chi connectivity index (χ2v) is 7.08. The summed E-state index contributed by atoms with van der Waals surface area (Å²) in [6.07, 6.45) is 3.63. The molecule has 0 aliphatic heterocycles. The lowest BCUT2D eigenvalue weighted by molar-refractivity contribution is 0.338. The summed E-state index contributed by atoms with van der Waals surface area (Å²) in [5, 5.41) is 3.52. The molecule has 0 spiro atoms. The highest BCUT2D eigenvalue weighted by Crippen LogP contribution is 2.27. The Morgan fingerprint density at radius 2 is 1.95 bits per heavy atom. The molecule has 0 fully saturated rings. The van der Waals surface area contributed by atoms with Gasteiger partial charge in [-0.25, -0.2) is 0 Å². The molecule has 0 heterocycles. The lowest BCUT2D eigenvalue weighted by Crippen LogP contribution is -2.22. The molecule has 0 amide bonds. The molecule has 21 heavy (non-hydrogen) atoms. The van der Waals surface area contributed by atoms with Crippen LogP contribution in [0.15, 0.2) is 22.7 Å². The minimum Gasteiger partial charge on any atom is -0.493 e. The second-order valence-electron chi connectivity index (χ2n) is 6.23. The van der Waals surface area contributed by atoms with E-state index in [-0.39, 0.29) is 0 Å². The summed E-state index contributed by atoms with van der Waals surface area (Å²) < 4.78 is 6.61. The molecule has 0 aromatic heterocycles. The van der Waals surface area contributed by atoms with Crippen LogP contribution in [0.25, 0.3) is 0 Å². The van der Waals surface area contributed by atoms with Gasteiger partial charge in [0, 0.05) is 0 Å². The summed E-state index contributed by atoms with van der Waals surface area (Å²) >= 11 is 3.58. The lowest BCUT2D eigenvalue weighted by atomic mass is 9.98. The first-order valence-electron chi connectivity index (χ1n) is 8.14. The highest BCUT2D eigenvalue weighted by Gasteiger charge is 2.06. The van der Waals surface area contributed by atoms with Crippen LogP contribution < -0.4 is 10.1 Å². The molecular weight excluding hydrogens is 326 g/mol. The van der Waals surface area contributed by atoms with Crippen LogP contribution in [0.2, 0.25) is 0 Å². The number of benzene rings is 1. The van der Waals surface area contributed by atoms with Gasteiger partial charge in [0.15, 0.2) is 0 Å². The van der Waals surface area contributed by atoms with E-state index in [1.165, 1.54) is 18.4 Å². The lowest BCUT2D eigenvalue weighted by Gasteiger charge is -2.13. The third kappa shape index (κ3) is 7.87. The van der Waals surface area contributed by atoms with Crippen LogP contribution in [0.1, 0.15) is 46.1 Å². The van der Waals surface area contributed by atoms with Gasteiger partial charge in [0.25, 0.3) is 0 Å². The molecule has 0 aliphatic rings. The van der Waals surface area contributed by atoms with Crippen LogP contribution in [-0.2, 0) is 6.42 Å². The average Bonchev–Trinajstić information content (AvgIpc) is 2.44. The van der Waals surface area contributed by atoms with Crippen LogP contribution >= 0.6 is 15.9 Å². The monoisotopic (exact) mass is 355 g/mol. The van der Waals surface area contributed by atoms with E-state index in [4.69, 9.17) is 4.74 Å². The van der Waals surface area contributed by atoms with Crippen LogP contribution in [0.3, 0.4) is 0 Å². The van der Waals surface area contributed by atoms with E-state index in [2.05, 4.69) is 60.2 Å². The van der Waals surface area contributed by atoms with E-state index in [9.17, 15) is 0 Å². The maximum absolute atomic E-state index is 5.55. The third-order valence-corrected chi connectivity index (χ3v) is 4.21. The van der Waals surface area contributed by atoms with Crippen molar-refractivity contribution in [1.29, 1.82) is 0 Å². The average molecular weight is 356 g/mol. The number of rotatable bonds is 10. The van der Waals surface area contributed by atoms with Crippen molar-refractivity contribution in [3.05, 3.63) is 28.2 Å². The summed E-state index contributed by atoms with van der Waals surface area (Å²) in [6.45, 7) is 11.8. The zero-order valence-electron chi connectivity index (χ0n) is 13.9. The van der Waals surface area contributed by atoms with Crippen molar-refractivity contribution in [2.24, 2.45) is 11.8 Å². The normalized spacial score (nSPS) is 12.7. The predicted molar refractivity (Wildman–Crippen MR) is 95.1 cm³/mol. The molecule has 0 aliphatic carbocycles. The number of halogens is 1. The minimum atomic E-state index is 0.707. The Bertz CT molecular complexity index is 406.